The number of carbonyl (C=O) groups is 1. The summed E-state index contributed by atoms with van der Waals surface area (Å²) in [5.74, 6) is -0.513. The van der Waals surface area contributed by atoms with E-state index in [1.807, 2.05) is 0 Å². The van der Waals surface area contributed by atoms with Crippen LogP contribution >= 0.6 is 0 Å². The molecule has 1 heterocycles. The van der Waals surface area contributed by atoms with Gasteiger partial charge in [0.25, 0.3) is 0 Å². The summed E-state index contributed by atoms with van der Waals surface area (Å²) < 4.78 is 10.6. The number of aliphatic hydroxyl groups is 3. The highest BCUT2D eigenvalue weighted by molar-refractivity contribution is 5.89. The summed E-state index contributed by atoms with van der Waals surface area (Å²) in [6.45, 7) is 0. The largest absolute Gasteiger partial charge is 0.456 e. The summed E-state index contributed by atoms with van der Waals surface area (Å²) in [6.07, 6.45) is -3.82. The fraction of sp³-hybridized carbons (Fsp3) is 0.500. The van der Waals surface area contributed by atoms with Crippen molar-refractivity contribution in [2.24, 2.45) is 0 Å². The van der Waals surface area contributed by atoms with Crippen LogP contribution in [-0.4, -0.2) is 51.5 Å². The van der Waals surface area contributed by atoms with Crippen LogP contribution in [0.2, 0.25) is 0 Å². The molecule has 1 aromatic rings. The Bertz CT molecular complexity index is 504. The van der Waals surface area contributed by atoms with Crippen molar-refractivity contribution in [3.05, 3.63) is 35.9 Å². The fourth-order valence-electron chi connectivity index (χ4n) is 2.76. The summed E-state index contributed by atoms with van der Waals surface area (Å²) in [5.41, 5.74) is -0.786. The van der Waals surface area contributed by atoms with Gasteiger partial charge in [-0.05, 0) is 25.0 Å². The van der Waals surface area contributed by atoms with E-state index >= 15 is 0 Å². The van der Waals surface area contributed by atoms with Crippen LogP contribution in [0.4, 0.5) is 0 Å². The van der Waals surface area contributed by atoms with Gasteiger partial charge in [-0.1, -0.05) is 18.2 Å². The second-order valence-corrected chi connectivity index (χ2v) is 5.20. The Morgan fingerprint density at radius 3 is 2.45 bits per heavy atom. The smallest absolute Gasteiger partial charge is 0.338 e. The normalized spacial score (nSPS) is 39.5. The first-order valence-electron chi connectivity index (χ1n) is 6.52. The molecule has 0 radical (unpaired) electrons. The zero-order chi connectivity index (χ0) is 14.3. The summed E-state index contributed by atoms with van der Waals surface area (Å²) in [5, 5.41) is 29.0. The zero-order valence-corrected chi connectivity index (χ0v) is 10.7. The lowest BCUT2D eigenvalue weighted by Crippen LogP contribution is -2.61. The molecular formula is C14H16O6. The first-order valence-corrected chi connectivity index (χ1v) is 6.52. The standard InChI is InChI=1S/C14H16O6/c15-10-11(16)14(20-13(10)18)7-6-9(14)19-12(17)8-4-2-1-3-5-8/h1-5,9-11,13,15-16,18H,6-7H2/t9-,10?,11?,13?,14-/m0/s1. The van der Waals surface area contributed by atoms with Crippen LogP contribution in [-0.2, 0) is 9.47 Å². The van der Waals surface area contributed by atoms with E-state index in [1.54, 1.807) is 30.3 Å². The molecule has 0 bridgehead atoms. The number of rotatable bonds is 2. The zero-order valence-electron chi connectivity index (χ0n) is 10.7. The van der Waals surface area contributed by atoms with Crippen molar-refractivity contribution in [2.75, 3.05) is 0 Å². The number of benzene rings is 1. The number of hydrogen-bond acceptors (Lipinski definition) is 6. The van der Waals surface area contributed by atoms with Gasteiger partial charge in [-0.25, -0.2) is 4.79 Å². The van der Waals surface area contributed by atoms with E-state index < -0.39 is 36.2 Å². The number of esters is 1. The SMILES string of the molecule is O=C(O[C@H]1CC[C@]12OC(O)C(O)C2O)c1ccccc1. The Kier molecular flexibility index (Phi) is 3.25. The van der Waals surface area contributed by atoms with E-state index in [0.717, 1.165) is 0 Å². The molecule has 0 amide bonds. The Hall–Kier alpha value is -1.47. The van der Waals surface area contributed by atoms with Crippen molar-refractivity contribution < 1.29 is 29.6 Å². The highest BCUT2D eigenvalue weighted by Gasteiger charge is 2.64. The average molecular weight is 280 g/mol. The van der Waals surface area contributed by atoms with E-state index in [4.69, 9.17) is 9.47 Å². The minimum Gasteiger partial charge on any atom is -0.456 e. The molecule has 108 valence electrons. The summed E-state index contributed by atoms with van der Waals surface area (Å²) in [6, 6.07) is 8.49. The third-order valence-corrected chi connectivity index (χ3v) is 4.06. The topological polar surface area (TPSA) is 96.2 Å². The van der Waals surface area contributed by atoms with E-state index in [1.165, 1.54) is 0 Å². The van der Waals surface area contributed by atoms with Gasteiger partial charge in [0.1, 0.15) is 23.9 Å². The lowest BCUT2D eigenvalue weighted by atomic mass is 9.72. The molecule has 1 aliphatic heterocycles. The predicted octanol–water partition coefficient (Wildman–Crippen LogP) is -0.185. The van der Waals surface area contributed by atoms with Gasteiger partial charge in [0.2, 0.25) is 0 Å². The van der Waals surface area contributed by atoms with Crippen LogP contribution in [0.1, 0.15) is 23.2 Å². The lowest BCUT2D eigenvalue weighted by Gasteiger charge is -2.46. The van der Waals surface area contributed by atoms with Crippen molar-refractivity contribution in [3.63, 3.8) is 0 Å². The van der Waals surface area contributed by atoms with Gasteiger partial charge in [0.15, 0.2) is 6.29 Å². The number of ether oxygens (including phenoxy) is 2. The third-order valence-electron chi connectivity index (χ3n) is 4.06. The summed E-state index contributed by atoms with van der Waals surface area (Å²) in [7, 11) is 0. The van der Waals surface area contributed by atoms with Crippen LogP contribution < -0.4 is 0 Å². The predicted molar refractivity (Wildman–Crippen MR) is 66.7 cm³/mol. The molecule has 1 saturated carbocycles. The van der Waals surface area contributed by atoms with Crippen molar-refractivity contribution in [1.82, 2.24) is 0 Å². The lowest BCUT2D eigenvalue weighted by molar-refractivity contribution is -0.235. The molecule has 20 heavy (non-hydrogen) atoms. The maximum atomic E-state index is 12.0. The Balaban J connectivity index is 1.72. The maximum Gasteiger partial charge on any atom is 0.338 e. The molecule has 3 rings (SSSR count). The van der Waals surface area contributed by atoms with Gasteiger partial charge in [0.05, 0.1) is 5.56 Å². The van der Waals surface area contributed by atoms with Crippen molar-refractivity contribution >= 4 is 5.97 Å². The molecular weight excluding hydrogens is 264 g/mol. The average Bonchev–Trinajstić information content (AvgIpc) is 2.70. The van der Waals surface area contributed by atoms with E-state index in [9.17, 15) is 20.1 Å². The minimum absolute atomic E-state index is 0.406. The summed E-state index contributed by atoms with van der Waals surface area (Å²) in [4.78, 5) is 12.0. The first kappa shape index (κ1) is 13.5. The van der Waals surface area contributed by atoms with Gasteiger partial charge >= 0.3 is 5.97 Å². The van der Waals surface area contributed by atoms with Gasteiger partial charge in [0, 0.05) is 0 Å². The van der Waals surface area contributed by atoms with Gasteiger partial charge < -0.3 is 24.8 Å². The van der Waals surface area contributed by atoms with Crippen molar-refractivity contribution in [3.8, 4) is 0 Å². The molecule has 1 aromatic carbocycles. The highest BCUT2D eigenvalue weighted by atomic mass is 16.7. The monoisotopic (exact) mass is 280 g/mol. The first-order chi connectivity index (χ1) is 9.54. The minimum atomic E-state index is -1.46. The van der Waals surface area contributed by atoms with E-state index in [-0.39, 0.29) is 0 Å². The maximum absolute atomic E-state index is 12.0. The Morgan fingerprint density at radius 2 is 1.95 bits per heavy atom. The third kappa shape index (κ3) is 1.92. The molecule has 6 heteroatoms. The van der Waals surface area contributed by atoms with Gasteiger partial charge in [-0.15, -0.1) is 0 Å². The quantitative estimate of drug-likeness (QED) is 0.650. The molecule has 5 atom stereocenters. The molecule has 2 fully saturated rings. The number of hydrogen-bond donors (Lipinski definition) is 3. The van der Waals surface area contributed by atoms with Crippen LogP contribution in [0.5, 0.6) is 0 Å². The van der Waals surface area contributed by atoms with Crippen LogP contribution in [0.3, 0.4) is 0 Å². The summed E-state index contributed by atoms with van der Waals surface area (Å²) >= 11 is 0. The fourth-order valence-corrected chi connectivity index (χ4v) is 2.76. The van der Waals surface area contributed by atoms with Crippen LogP contribution in [0.25, 0.3) is 0 Å². The van der Waals surface area contributed by atoms with Crippen molar-refractivity contribution in [1.29, 1.82) is 0 Å². The molecule has 3 N–H and O–H groups in total. The highest BCUT2D eigenvalue weighted by Crippen LogP contribution is 2.47. The second-order valence-electron chi connectivity index (χ2n) is 5.20. The van der Waals surface area contributed by atoms with Crippen LogP contribution in [0, 0.1) is 0 Å². The van der Waals surface area contributed by atoms with Crippen LogP contribution in [0.15, 0.2) is 30.3 Å². The van der Waals surface area contributed by atoms with Gasteiger partial charge in [-0.3, -0.25) is 0 Å². The van der Waals surface area contributed by atoms with E-state index in [0.29, 0.717) is 18.4 Å². The molecule has 0 aromatic heterocycles. The number of aliphatic hydroxyl groups excluding tert-OH is 3. The van der Waals surface area contributed by atoms with Gasteiger partial charge in [-0.2, -0.15) is 0 Å². The molecule has 1 spiro atoms. The molecule has 1 saturated heterocycles. The Morgan fingerprint density at radius 1 is 1.25 bits per heavy atom. The van der Waals surface area contributed by atoms with Crippen molar-refractivity contribution in [2.45, 2.75) is 43.0 Å². The molecule has 1 aliphatic carbocycles. The van der Waals surface area contributed by atoms with E-state index in [2.05, 4.69) is 0 Å². The molecule has 3 unspecified atom stereocenters. The molecule has 2 aliphatic rings. The molecule has 6 nitrogen and oxygen atoms in total. The Labute approximate surface area is 115 Å². The second kappa shape index (κ2) is 4.82. The number of carbonyl (C=O) groups excluding carboxylic acids is 1.